The van der Waals surface area contributed by atoms with E-state index in [0.717, 1.165) is 7.96 Å². The highest BCUT2D eigenvalue weighted by molar-refractivity contribution is 8.68. The molecule has 0 aromatic rings. The van der Waals surface area contributed by atoms with Crippen molar-refractivity contribution < 1.29 is 0 Å². The molecule has 0 spiro atoms. The van der Waals surface area contributed by atoms with Gasteiger partial charge in [0.15, 0.2) is 0 Å². The fourth-order valence-electron chi connectivity index (χ4n) is 0.115. The third-order valence-electron chi connectivity index (χ3n) is 0.372. The Labute approximate surface area is 70.9 Å². The van der Waals surface area contributed by atoms with Crippen LogP contribution in [0.1, 0.15) is 0 Å². The molecule has 0 amide bonds. The van der Waals surface area contributed by atoms with Crippen molar-refractivity contribution in [1.82, 2.24) is 0 Å². The van der Waals surface area contributed by atoms with Crippen LogP contribution in [0.4, 0.5) is 0 Å². The Morgan fingerprint density at radius 3 is 2.22 bits per heavy atom. The smallest absolute Gasteiger partial charge is 0.0634 e. The van der Waals surface area contributed by atoms with Gasteiger partial charge < -0.3 is 0 Å². The molecule has 0 aliphatic heterocycles. The monoisotopic (exact) mass is 271 g/mol. The second-order valence-corrected chi connectivity index (χ2v) is 20.8. The maximum absolute atomic E-state index is 4.42. The molecule has 0 radical (unpaired) electrons. The summed E-state index contributed by atoms with van der Waals surface area (Å²) in [5.74, 6) is 0. The molecular weight excluding hydrogens is 262 g/mol. The first-order chi connectivity index (χ1) is 4.16. The lowest BCUT2D eigenvalue weighted by Crippen LogP contribution is -1.23. The van der Waals surface area contributed by atoms with Gasteiger partial charge in [-0.2, -0.15) is 0 Å². The first-order valence-corrected chi connectivity index (χ1v) is 14.6. The molecule has 0 rings (SSSR count). The molecule has 6 unspecified atom stereocenters. The highest BCUT2D eigenvalue weighted by Gasteiger charge is 1.92. The number of rotatable bonds is 3. The normalized spacial score (nSPS) is 16.6. The van der Waals surface area contributed by atoms with Crippen LogP contribution in [0.3, 0.4) is 0 Å². The van der Waals surface area contributed by atoms with Crippen molar-refractivity contribution in [3.8, 4) is 0 Å². The SMILES string of the molecule is PPP(P)/N=P/P(P)P. The Bertz CT molecular complexity index is 84.6. The lowest BCUT2D eigenvalue weighted by molar-refractivity contribution is 2.09. The van der Waals surface area contributed by atoms with Crippen LogP contribution in [-0.2, 0) is 0 Å². The maximum atomic E-state index is 4.42. The van der Waals surface area contributed by atoms with E-state index in [4.69, 9.17) is 0 Å². The molecule has 0 fully saturated rings. The van der Waals surface area contributed by atoms with Gasteiger partial charge in [-0.25, -0.2) is 4.52 Å². The van der Waals surface area contributed by atoms with Crippen LogP contribution < -0.4 is 0 Å². The van der Waals surface area contributed by atoms with Crippen molar-refractivity contribution in [2.45, 2.75) is 0 Å². The Morgan fingerprint density at radius 2 is 1.89 bits per heavy atom. The molecule has 54 valence electrons. The molecule has 0 bridgehead atoms. The fraction of sp³-hybridized carbons (Fsp3) is 0. The highest BCUT2D eigenvalue weighted by atomic mass is 32.7. The quantitative estimate of drug-likeness (QED) is 0.661. The number of hydrogen-bond acceptors (Lipinski definition) is 1. The van der Waals surface area contributed by atoms with Crippen LogP contribution in [0.15, 0.2) is 4.52 Å². The molecule has 0 N–H and O–H groups in total. The van der Waals surface area contributed by atoms with Crippen molar-refractivity contribution in [1.29, 1.82) is 0 Å². The van der Waals surface area contributed by atoms with Gasteiger partial charge in [-0.1, -0.05) is 26.8 Å². The summed E-state index contributed by atoms with van der Waals surface area (Å²) in [5.41, 5.74) is 0. The molecule has 0 aliphatic rings. The third kappa shape index (κ3) is 9.02. The predicted molar refractivity (Wildman–Crippen MR) is 70.3 cm³/mol. The predicted octanol–water partition coefficient (Wildman–Crippen LogP) is 4.66. The molecule has 0 saturated carbocycles. The van der Waals surface area contributed by atoms with Gasteiger partial charge in [-0.15, -0.1) is 8.93 Å². The Morgan fingerprint density at radius 1 is 1.33 bits per heavy atom. The topological polar surface area (TPSA) is 12.4 Å². The Balaban J connectivity index is 3.43. The fourth-order valence-corrected chi connectivity index (χ4v) is 9.32. The van der Waals surface area contributed by atoms with Gasteiger partial charge >= 0.3 is 0 Å². The zero-order chi connectivity index (χ0) is 7.28. The molecule has 9 heavy (non-hydrogen) atoms. The summed E-state index contributed by atoms with van der Waals surface area (Å²) in [5, 5.41) is 0. The average molecular weight is 271 g/mol. The van der Waals surface area contributed by atoms with Crippen molar-refractivity contribution in [2.24, 2.45) is 4.52 Å². The van der Waals surface area contributed by atoms with Gasteiger partial charge in [0.25, 0.3) is 0 Å². The summed E-state index contributed by atoms with van der Waals surface area (Å²) in [6.07, 6.45) is 0. The van der Waals surface area contributed by atoms with Gasteiger partial charge in [0.05, 0.1) is 7.45 Å². The molecular formula is H9NP8. The van der Waals surface area contributed by atoms with Gasteiger partial charge in [-0.05, 0) is 7.96 Å². The van der Waals surface area contributed by atoms with Crippen molar-refractivity contribution in [3.05, 3.63) is 0 Å². The minimum atomic E-state index is -0.101. The highest BCUT2D eigenvalue weighted by Crippen LogP contribution is 2.73. The Kier molecular flexibility index (Phi) is 10.4. The van der Waals surface area contributed by atoms with Crippen LogP contribution in [0.5, 0.6) is 0 Å². The van der Waals surface area contributed by atoms with Gasteiger partial charge in [0.1, 0.15) is 0 Å². The van der Waals surface area contributed by atoms with E-state index in [9.17, 15) is 0 Å². The van der Waals surface area contributed by atoms with E-state index in [-0.39, 0.29) is 14.4 Å². The summed E-state index contributed by atoms with van der Waals surface area (Å²) in [6.45, 7) is -0.00175. The van der Waals surface area contributed by atoms with Crippen LogP contribution in [0.25, 0.3) is 0 Å². The third-order valence-corrected chi connectivity index (χ3v) is 14.1. The van der Waals surface area contributed by atoms with E-state index >= 15 is 0 Å². The summed E-state index contributed by atoms with van der Waals surface area (Å²) in [6, 6.07) is 0. The first-order valence-electron chi connectivity index (χ1n) is 1.89. The summed E-state index contributed by atoms with van der Waals surface area (Å²) < 4.78 is 4.42. The van der Waals surface area contributed by atoms with E-state index in [1.807, 2.05) is 0 Å². The van der Waals surface area contributed by atoms with Crippen LogP contribution in [0, 0.1) is 0 Å². The lowest BCUT2D eigenvalue weighted by atomic mass is 13.9. The zero-order valence-corrected chi connectivity index (χ0v) is 12.9. The second-order valence-electron chi connectivity index (χ2n) is 1.03. The Hall–Kier alpha value is 3.11. The first kappa shape index (κ1) is 12.1. The summed E-state index contributed by atoms with van der Waals surface area (Å²) in [7, 11) is 13.1. The van der Waals surface area contributed by atoms with Crippen molar-refractivity contribution in [2.75, 3.05) is 0 Å². The summed E-state index contributed by atoms with van der Waals surface area (Å²) in [4.78, 5) is 0. The molecule has 0 saturated heterocycles. The standard InChI is InChI=1S/H9NP8/c2-7-8(3)1-6-9(4)5/h7H,2-5H2. The lowest BCUT2D eigenvalue weighted by Gasteiger charge is -1.98. The van der Waals surface area contributed by atoms with E-state index in [1.165, 1.54) is 8.06 Å². The molecule has 1 nitrogen and oxygen atoms in total. The number of nitrogens with zero attached hydrogens (tertiary/aromatic N) is 1. The minimum Gasteiger partial charge on any atom is -0.231 e. The van der Waals surface area contributed by atoms with Gasteiger partial charge in [0.2, 0.25) is 0 Å². The molecule has 0 aliphatic carbocycles. The van der Waals surface area contributed by atoms with Crippen LogP contribution in [0.2, 0.25) is 0 Å². The minimum absolute atomic E-state index is 0.00175. The summed E-state index contributed by atoms with van der Waals surface area (Å²) >= 11 is 0. The molecule has 0 aromatic carbocycles. The number of hydrogen-bond donors (Lipinski definition) is 0. The second kappa shape index (κ2) is 7.74. The average Bonchev–Trinajstić information content (AvgIpc) is 1.83. The van der Waals surface area contributed by atoms with Gasteiger partial charge in [-0.3, -0.25) is 0 Å². The van der Waals surface area contributed by atoms with Gasteiger partial charge in [0, 0.05) is 15.0 Å². The van der Waals surface area contributed by atoms with E-state index in [2.05, 4.69) is 40.2 Å². The van der Waals surface area contributed by atoms with Crippen LogP contribution >= 0.6 is 66.2 Å². The zero-order valence-electron chi connectivity index (χ0n) is 4.60. The molecule has 0 heterocycles. The van der Waals surface area contributed by atoms with Crippen molar-refractivity contribution in [3.63, 3.8) is 0 Å². The molecule has 0 aromatic heterocycles. The van der Waals surface area contributed by atoms with E-state index < -0.39 is 0 Å². The molecule has 9 heteroatoms. The maximum Gasteiger partial charge on any atom is 0.0634 e. The van der Waals surface area contributed by atoms with Crippen molar-refractivity contribution >= 4 is 66.2 Å². The van der Waals surface area contributed by atoms with E-state index in [0.29, 0.717) is 0 Å². The van der Waals surface area contributed by atoms with E-state index in [1.54, 1.807) is 0 Å². The largest absolute Gasteiger partial charge is 0.231 e. The van der Waals surface area contributed by atoms with Crippen LogP contribution in [-0.4, -0.2) is 0 Å². The molecule has 6 atom stereocenters.